The van der Waals surface area contributed by atoms with Gasteiger partial charge in [-0.1, -0.05) is 37.5 Å². The van der Waals surface area contributed by atoms with Crippen molar-refractivity contribution in [1.82, 2.24) is 9.88 Å². The van der Waals surface area contributed by atoms with Gasteiger partial charge in [-0.15, -0.1) is 0 Å². The fourth-order valence-electron chi connectivity index (χ4n) is 3.72. The molecule has 1 fully saturated rings. The Morgan fingerprint density at radius 3 is 2.61 bits per heavy atom. The molecule has 5 heteroatoms. The molecule has 150 valence electrons. The van der Waals surface area contributed by atoms with Crippen LogP contribution in [0.25, 0.3) is 0 Å². The number of carbonyl (C=O) groups excluding carboxylic acids is 1. The predicted molar refractivity (Wildman–Crippen MR) is 113 cm³/mol. The van der Waals surface area contributed by atoms with Crippen molar-refractivity contribution in [2.45, 2.75) is 64.6 Å². The maximum atomic E-state index is 12.7. The summed E-state index contributed by atoms with van der Waals surface area (Å²) < 4.78 is 5.54. The van der Waals surface area contributed by atoms with Gasteiger partial charge in [0.2, 0.25) is 5.88 Å². The first-order chi connectivity index (χ1) is 13.5. The first-order valence-electron chi connectivity index (χ1n) is 10.2. The summed E-state index contributed by atoms with van der Waals surface area (Å²) in [5, 5.41) is 3.05. The van der Waals surface area contributed by atoms with E-state index in [1.165, 1.54) is 32.1 Å². The molecule has 0 unspecified atom stereocenters. The highest BCUT2D eigenvalue weighted by molar-refractivity contribution is 6.04. The number of pyridine rings is 1. The van der Waals surface area contributed by atoms with Crippen molar-refractivity contribution in [3.8, 4) is 5.88 Å². The zero-order chi connectivity index (χ0) is 19.9. The molecule has 5 nitrogen and oxygen atoms in total. The topological polar surface area (TPSA) is 54.5 Å². The van der Waals surface area contributed by atoms with E-state index in [-0.39, 0.29) is 12.0 Å². The molecule has 28 heavy (non-hydrogen) atoms. The number of nitrogens with zero attached hydrogens (tertiary/aromatic N) is 2. The molecule has 1 aliphatic rings. The van der Waals surface area contributed by atoms with Crippen LogP contribution in [-0.2, 0) is 6.54 Å². The Hall–Kier alpha value is -2.40. The van der Waals surface area contributed by atoms with Gasteiger partial charge < -0.3 is 10.1 Å². The Morgan fingerprint density at radius 2 is 1.93 bits per heavy atom. The van der Waals surface area contributed by atoms with E-state index in [1.807, 2.05) is 32.0 Å². The van der Waals surface area contributed by atoms with Gasteiger partial charge in [-0.2, -0.15) is 0 Å². The van der Waals surface area contributed by atoms with E-state index in [9.17, 15) is 4.79 Å². The van der Waals surface area contributed by atoms with E-state index in [2.05, 4.69) is 28.3 Å². The van der Waals surface area contributed by atoms with E-state index in [0.717, 1.165) is 17.8 Å². The molecule has 1 amide bonds. The molecule has 3 rings (SSSR count). The molecular weight excluding hydrogens is 350 g/mol. The Labute approximate surface area is 168 Å². The molecule has 0 aliphatic heterocycles. The molecule has 2 aromatic rings. The van der Waals surface area contributed by atoms with Gasteiger partial charge in [0.25, 0.3) is 5.91 Å². The second kappa shape index (κ2) is 9.69. The van der Waals surface area contributed by atoms with Crippen molar-refractivity contribution >= 4 is 11.6 Å². The van der Waals surface area contributed by atoms with Gasteiger partial charge in [0.1, 0.15) is 0 Å². The lowest BCUT2D eigenvalue weighted by Gasteiger charge is -2.31. The summed E-state index contributed by atoms with van der Waals surface area (Å²) in [7, 11) is 2.19. The van der Waals surface area contributed by atoms with E-state index >= 15 is 0 Å². The van der Waals surface area contributed by atoms with E-state index in [4.69, 9.17) is 4.74 Å². The molecule has 0 bridgehead atoms. The fraction of sp³-hybridized carbons (Fsp3) is 0.478. The summed E-state index contributed by atoms with van der Waals surface area (Å²) in [6.45, 7) is 4.73. The van der Waals surface area contributed by atoms with Gasteiger partial charge in [0.15, 0.2) is 0 Å². The van der Waals surface area contributed by atoms with Crippen LogP contribution in [0, 0.1) is 0 Å². The van der Waals surface area contributed by atoms with E-state index in [0.29, 0.717) is 17.5 Å². The van der Waals surface area contributed by atoms with Crippen molar-refractivity contribution in [2.24, 2.45) is 0 Å². The number of anilines is 1. The molecule has 0 saturated heterocycles. The van der Waals surface area contributed by atoms with Crippen LogP contribution in [0.4, 0.5) is 5.69 Å². The monoisotopic (exact) mass is 381 g/mol. The average molecular weight is 382 g/mol. The Balaban J connectivity index is 1.66. The Bertz CT molecular complexity index is 768. The molecule has 0 atom stereocenters. The standard InChI is InChI=1S/C23H31N3O2/c1-17(2)28-22-14-13-18(15-24-22)23(27)25-21-12-8-7-9-19(21)16-26(3)20-10-5-4-6-11-20/h7-9,12-15,17,20H,4-6,10-11,16H2,1-3H3,(H,25,27). The molecule has 1 aromatic carbocycles. The number of rotatable bonds is 7. The lowest BCUT2D eigenvalue weighted by Crippen LogP contribution is -2.33. The van der Waals surface area contributed by atoms with Crippen LogP contribution in [0.2, 0.25) is 0 Å². The van der Waals surface area contributed by atoms with Crippen LogP contribution in [-0.4, -0.2) is 35.0 Å². The Kier molecular flexibility index (Phi) is 7.04. The van der Waals surface area contributed by atoms with Crippen LogP contribution in [0.15, 0.2) is 42.6 Å². The zero-order valence-electron chi connectivity index (χ0n) is 17.1. The van der Waals surface area contributed by atoms with Crippen molar-refractivity contribution in [3.05, 3.63) is 53.7 Å². The van der Waals surface area contributed by atoms with Crippen LogP contribution in [0.1, 0.15) is 61.9 Å². The van der Waals surface area contributed by atoms with Gasteiger partial charge in [-0.3, -0.25) is 9.69 Å². The maximum Gasteiger partial charge on any atom is 0.257 e. The number of nitrogens with one attached hydrogen (secondary N) is 1. The molecule has 0 radical (unpaired) electrons. The maximum absolute atomic E-state index is 12.7. The number of hydrogen-bond acceptors (Lipinski definition) is 4. The molecule has 1 aliphatic carbocycles. The quantitative estimate of drug-likeness (QED) is 0.742. The summed E-state index contributed by atoms with van der Waals surface area (Å²) in [5.74, 6) is 0.373. The number of hydrogen-bond donors (Lipinski definition) is 1. The third-order valence-electron chi connectivity index (χ3n) is 5.24. The van der Waals surface area contributed by atoms with Gasteiger partial charge in [0.05, 0.1) is 11.7 Å². The molecule has 1 heterocycles. The largest absolute Gasteiger partial charge is 0.475 e. The molecule has 1 N–H and O–H groups in total. The highest BCUT2D eigenvalue weighted by Gasteiger charge is 2.19. The Morgan fingerprint density at radius 1 is 1.18 bits per heavy atom. The van der Waals surface area contributed by atoms with Gasteiger partial charge in [0, 0.05) is 30.5 Å². The molecule has 1 aromatic heterocycles. The van der Waals surface area contributed by atoms with Crippen LogP contribution < -0.4 is 10.1 Å². The number of carbonyl (C=O) groups is 1. The third kappa shape index (κ3) is 5.55. The minimum Gasteiger partial charge on any atom is -0.475 e. The number of ether oxygens (including phenoxy) is 1. The zero-order valence-corrected chi connectivity index (χ0v) is 17.1. The van der Waals surface area contributed by atoms with Crippen molar-refractivity contribution in [3.63, 3.8) is 0 Å². The van der Waals surface area contributed by atoms with E-state index < -0.39 is 0 Å². The van der Waals surface area contributed by atoms with Crippen LogP contribution in [0.3, 0.4) is 0 Å². The number of para-hydroxylation sites is 1. The smallest absolute Gasteiger partial charge is 0.257 e. The lowest BCUT2D eigenvalue weighted by atomic mass is 9.94. The van der Waals surface area contributed by atoms with Gasteiger partial charge in [-0.05, 0) is 51.4 Å². The summed E-state index contributed by atoms with van der Waals surface area (Å²) in [6, 6.07) is 12.2. The molecular formula is C23H31N3O2. The molecule has 0 spiro atoms. The van der Waals surface area contributed by atoms with Crippen molar-refractivity contribution < 1.29 is 9.53 Å². The van der Waals surface area contributed by atoms with Crippen molar-refractivity contribution in [1.29, 1.82) is 0 Å². The highest BCUT2D eigenvalue weighted by Crippen LogP contribution is 2.25. The first-order valence-corrected chi connectivity index (χ1v) is 10.2. The lowest BCUT2D eigenvalue weighted by molar-refractivity contribution is 0.102. The van der Waals surface area contributed by atoms with Crippen LogP contribution in [0.5, 0.6) is 5.88 Å². The first kappa shape index (κ1) is 20.3. The summed E-state index contributed by atoms with van der Waals surface area (Å²) >= 11 is 0. The minimum absolute atomic E-state index is 0.0557. The average Bonchev–Trinajstić information content (AvgIpc) is 2.70. The SMILES string of the molecule is CC(C)Oc1ccc(C(=O)Nc2ccccc2CN(C)C2CCCCC2)cn1. The second-order valence-electron chi connectivity index (χ2n) is 7.87. The highest BCUT2D eigenvalue weighted by atomic mass is 16.5. The number of benzene rings is 1. The van der Waals surface area contributed by atoms with Gasteiger partial charge >= 0.3 is 0 Å². The minimum atomic E-state index is -0.156. The van der Waals surface area contributed by atoms with Crippen molar-refractivity contribution in [2.75, 3.05) is 12.4 Å². The van der Waals surface area contributed by atoms with E-state index in [1.54, 1.807) is 18.3 Å². The fourth-order valence-corrected chi connectivity index (χ4v) is 3.72. The summed E-state index contributed by atoms with van der Waals surface area (Å²) in [4.78, 5) is 19.3. The normalized spacial score (nSPS) is 15.0. The predicted octanol–water partition coefficient (Wildman–Crippen LogP) is 4.89. The molecule has 1 saturated carbocycles. The summed E-state index contributed by atoms with van der Waals surface area (Å²) in [6.07, 6.45) is 8.13. The third-order valence-corrected chi connectivity index (χ3v) is 5.24. The van der Waals surface area contributed by atoms with Gasteiger partial charge in [-0.25, -0.2) is 4.98 Å². The second-order valence-corrected chi connectivity index (χ2v) is 7.87. The number of amides is 1. The number of aromatic nitrogens is 1. The summed E-state index contributed by atoms with van der Waals surface area (Å²) in [5.41, 5.74) is 2.51. The van der Waals surface area contributed by atoms with Crippen LogP contribution >= 0.6 is 0 Å².